The third-order valence-electron chi connectivity index (χ3n) is 10.5. The van der Waals surface area contributed by atoms with E-state index in [-0.39, 0.29) is 38.6 Å². The lowest BCUT2D eigenvalue weighted by molar-refractivity contribution is -0.143. The number of halogens is 1. The van der Waals surface area contributed by atoms with Crippen molar-refractivity contribution in [1.29, 1.82) is 0 Å². The number of H-pyrrole nitrogens is 1. The van der Waals surface area contributed by atoms with Crippen molar-refractivity contribution in [2.75, 3.05) is 26.2 Å². The van der Waals surface area contributed by atoms with Gasteiger partial charge >= 0.3 is 5.97 Å². The Balaban J connectivity index is 1.66. The van der Waals surface area contributed by atoms with Gasteiger partial charge in [-0.1, -0.05) is 47.8 Å². The van der Waals surface area contributed by atoms with Crippen LogP contribution in [-0.2, 0) is 51.2 Å². The fraction of sp³-hybridized carbons (Fsp3) is 0.585. The Morgan fingerprint density at radius 2 is 1.56 bits per heavy atom. The highest BCUT2D eigenvalue weighted by Gasteiger charge is 2.39. The van der Waals surface area contributed by atoms with Crippen LogP contribution < -0.4 is 43.4 Å². The number of aliphatic carboxylic acids is 1. The van der Waals surface area contributed by atoms with Crippen molar-refractivity contribution in [3.8, 4) is 0 Å². The monoisotopic (exact) mass is 947 g/mol. The number of likely N-dealkylation sites (tertiary alicyclic amines) is 1. The summed E-state index contributed by atoms with van der Waals surface area (Å²) in [7, 11) is 0. The lowest BCUT2D eigenvalue weighted by Crippen LogP contribution is -2.62. The van der Waals surface area contributed by atoms with Crippen molar-refractivity contribution < 1.29 is 48.6 Å². The number of benzene rings is 1. The van der Waals surface area contributed by atoms with Gasteiger partial charge in [-0.05, 0) is 76.6 Å². The molecule has 1 fully saturated rings. The fourth-order valence-corrected chi connectivity index (χ4v) is 7.00. The number of carboxylic acids is 1. The molecule has 0 radical (unpaired) electrons. The molecule has 0 aliphatic carbocycles. The molecule has 1 aromatic heterocycles. The number of aromatic amines is 1. The summed E-state index contributed by atoms with van der Waals surface area (Å²) in [6.45, 7) is 4.08. The van der Waals surface area contributed by atoms with E-state index in [2.05, 4.69) is 57.8 Å². The number of amides is 7. The maximum atomic E-state index is 13.7. The summed E-state index contributed by atoms with van der Waals surface area (Å²) in [6.07, 6.45) is 6.07. The number of hydrogen-bond donors (Lipinski definition) is 11. The van der Waals surface area contributed by atoms with E-state index in [1.807, 2.05) is 6.92 Å². The van der Waals surface area contributed by atoms with Gasteiger partial charge < -0.3 is 63.5 Å². The highest BCUT2D eigenvalue weighted by Crippen LogP contribution is 2.19. The molecule has 348 valence electrons. The number of aliphatic hydroxyl groups excluding tert-OH is 1. The minimum atomic E-state index is -1.59. The molecule has 1 aliphatic heterocycles. The molecule has 6 atom stereocenters. The molecular weight excluding hydrogens is 886 g/mol. The van der Waals surface area contributed by atoms with Gasteiger partial charge in [0, 0.05) is 35.7 Å². The summed E-state index contributed by atoms with van der Waals surface area (Å²) in [6, 6.07) is -0.0639. The number of rotatable bonds is 26. The average Bonchev–Trinajstić information content (AvgIpc) is 3.96. The van der Waals surface area contributed by atoms with Crippen LogP contribution >= 0.6 is 15.9 Å². The van der Waals surface area contributed by atoms with Gasteiger partial charge in [0.05, 0.1) is 19.5 Å². The maximum absolute atomic E-state index is 13.7. The van der Waals surface area contributed by atoms with Gasteiger partial charge in [-0.2, -0.15) is 0 Å². The molecule has 3 rings (SSSR count). The molecule has 21 nitrogen and oxygen atoms in total. The van der Waals surface area contributed by atoms with E-state index in [0.29, 0.717) is 49.9 Å². The zero-order valence-corrected chi connectivity index (χ0v) is 37.5. The van der Waals surface area contributed by atoms with Gasteiger partial charge in [0.25, 0.3) is 0 Å². The number of aliphatic hydroxyl groups is 1. The summed E-state index contributed by atoms with van der Waals surface area (Å²) >= 11 is 3.33. The zero-order chi connectivity index (χ0) is 46.7. The Bertz CT molecular complexity index is 1870. The van der Waals surface area contributed by atoms with E-state index in [1.54, 1.807) is 24.3 Å². The van der Waals surface area contributed by atoms with Crippen LogP contribution in [0.25, 0.3) is 0 Å². The Kier molecular flexibility index (Phi) is 21.1. The maximum Gasteiger partial charge on any atom is 0.326 e. The van der Waals surface area contributed by atoms with Crippen LogP contribution in [0.3, 0.4) is 0 Å². The summed E-state index contributed by atoms with van der Waals surface area (Å²) in [5, 5.41) is 34.8. The highest BCUT2D eigenvalue weighted by molar-refractivity contribution is 9.10. The average molecular weight is 949 g/mol. The number of aromatic nitrogens is 2. The van der Waals surface area contributed by atoms with Gasteiger partial charge in [0.1, 0.15) is 41.8 Å². The molecule has 13 N–H and O–H groups in total. The molecular formula is C41H62BrN11O10. The number of nitrogens with one attached hydrogen (secondary N) is 7. The van der Waals surface area contributed by atoms with Gasteiger partial charge in [0.2, 0.25) is 41.4 Å². The third kappa shape index (κ3) is 16.6. The van der Waals surface area contributed by atoms with E-state index in [0.717, 1.165) is 4.47 Å². The largest absolute Gasteiger partial charge is 0.480 e. The quantitative estimate of drug-likeness (QED) is 0.0486. The van der Waals surface area contributed by atoms with E-state index >= 15 is 0 Å². The number of carbonyl (C=O) groups is 8. The van der Waals surface area contributed by atoms with E-state index in [4.69, 9.17) is 11.5 Å². The lowest BCUT2D eigenvalue weighted by atomic mass is 10.00. The first-order valence-corrected chi connectivity index (χ1v) is 21.8. The molecule has 1 saturated heterocycles. The van der Waals surface area contributed by atoms with E-state index < -0.39 is 102 Å². The third-order valence-corrected chi connectivity index (χ3v) is 11.0. The fourth-order valence-electron chi connectivity index (χ4n) is 6.74. The van der Waals surface area contributed by atoms with Gasteiger partial charge in [-0.25, -0.2) is 9.78 Å². The van der Waals surface area contributed by atoms with Gasteiger partial charge in [-0.15, -0.1) is 0 Å². The minimum absolute atomic E-state index is 0.00290. The van der Waals surface area contributed by atoms with Gasteiger partial charge in [-0.3, -0.25) is 33.6 Å². The molecule has 1 aliphatic rings. The van der Waals surface area contributed by atoms with Crippen LogP contribution in [0.5, 0.6) is 0 Å². The standard InChI is InChI=1S/C41H62BrN11O10/c1-4-5-9-29(37(59)52-41(2,3)40(63)51-31(39(61)62)18-24-12-14-25(42)15-13-24)49-38(60)32-11-8-17-53(32)33(55)21-46-35(57)28(10-6-7-16-43)48-36(58)30(19-26-20-45-23-47-26)50-34(56)27(44)22-54/h12-15,20,23,27-32,54H,4-11,16-19,21-22,43-44H2,1-3H3,(H,45,47)(H,46,57)(H,48,58)(H,49,60)(H,50,56)(H,51,63)(H,52,59)(H,61,62)/t27-,28-,29-,30-,31-,32-/m0/s1. The van der Waals surface area contributed by atoms with Crippen LogP contribution in [0, 0.1) is 0 Å². The number of imidazole rings is 1. The Labute approximate surface area is 374 Å². The molecule has 0 saturated carbocycles. The van der Waals surface area contributed by atoms with Crippen molar-refractivity contribution >= 4 is 63.2 Å². The molecule has 0 spiro atoms. The van der Waals surface area contributed by atoms with Crippen molar-refractivity contribution in [3.05, 3.63) is 52.5 Å². The number of hydrogen-bond acceptors (Lipinski definition) is 12. The molecule has 1 aromatic carbocycles. The van der Waals surface area contributed by atoms with Crippen LogP contribution in [-0.4, -0.2) is 140 Å². The van der Waals surface area contributed by atoms with Crippen LogP contribution in [0.15, 0.2) is 41.3 Å². The number of unbranched alkanes of at least 4 members (excludes halogenated alkanes) is 2. The number of nitrogens with zero attached hydrogens (tertiary/aromatic N) is 2. The first-order chi connectivity index (χ1) is 29.9. The predicted octanol–water partition coefficient (Wildman–Crippen LogP) is -1.38. The molecule has 0 unspecified atom stereocenters. The number of carboxylic acid groups (broad SMARTS) is 1. The lowest BCUT2D eigenvalue weighted by Gasteiger charge is -2.30. The first-order valence-electron chi connectivity index (χ1n) is 21.0. The van der Waals surface area contributed by atoms with Crippen LogP contribution in [0.4, 0.5) is 0 Å². The normalized spacial score (nSPS) is 16.1. The second kappa shape index (κ2) is 25.6. The second-order valence-electron chi connectivity index (χ2n) is 16.0. The molecule has 22 heteroatoms. The van der Waals surface area contributed by atoms with Crippen molar-refractivity contribution in [3.63, 3.8) is 0 Å². The second-order valence-corrected chi connectivity index (χ2v) is 16.9. The molecule has 0 bridgehead atoms. The van der Waals surface area contributed by atoms with Crippen molar-refractivity contribution in [2.45, 2.75) is 127 Å². The molecule has 63 heavy (non-hydrogen) atoms. The first kappa shape index (κ1) is 51.9. The summed E-state index contributed by atoms with van der Waals surface area (Å²) in [5.41, 5.74) is 10.9. The molecule has 2 aromatic rings. The Morgan fingerprint density at radius 1 is 0.889 bits per heavy atom. The Morgan fingerprint density at radius 3 is 2.17 bits per heavy atom. The van der Waals surface area contributed by atoms with Gasteiger partial charge in [0.15, 0.2) is 0 Å². The Hall–Kier alpha value is -5.45. The summed E-state index contributed by atoms with van der Waals surface area (Å²) in [5.74, 6) is -6.10. The summed E-state index contributed by atoms with van der Waals surface area (Å²) in [4.78, 5) is 114. The zero-order valence-electron chi connectivity index (χ0n) is 35.9. The number of carbonyl (C=O) groups excluding carboxylic acids is 7. The topological polar surface area (TPSA) is 333 Å². The summed E-state index contributed by atoms with van der Waals surface area (Å²) < 4.78 is 0.805. The van der Waals surface area contributed by atoms with Crippen molar-refractivity contribution in [2.24, 2.45) is 11.5 Å². The molecule has 2 heterocycles. The van der Waals surface area contributed by atoms with Crippen LogP contribution in [0.1, 0.15) is 83.4 Å². The molecule has 7 amide bonds. The van der Waals surface area contributed by atoms with Crippen molar-refractivity contribution in [1.82, 2.24) is 46.8 Å². The highest BCUT2D eigenvalue weighted by atomic mass is 79.9. The smallest absolute Gasteiger partial charge is 0.326 e. The van der Waals surface area contributed by atoms with Crippen LogP contribution in [0.2, 0.25) is 0 Å². The SMILES string of the molecule is CCCC[C@H](NC(=O)[C@@H]1CCCN1C(=O)CNC(=O)[C@H](CCCCN)NC(=O)[C@H](Cc1cnc[nH]1)NC(=O)[C@@H](N)CO)C(=O)NC(C)(C)C(=O)N[C@@H](Cc1ccc(Br)cc1)C(=O)O. The van der Waals surface area contributed by atoms with E-state index in [1.165, 1.54) is 31.3 Å². The van der Waals surface area contributed by atoms with E-state index in [9.17, 15) is 48.6 Å². The minimum Gasteiger partial charge on any atom is -0.480 e. The number of nitrogens with two attached hydrogens (primary N) is 2. The predicted molar refractivity (Wildman–Crippen MR) is 233 cm³/mol.